The van der Waals surface area contributed by atoms with Crippen molar-refractivity contribution in [3.05, 3.63) is 58.6 Å². The van der Waals surface area contributed by atoms with E-state index in [1.54, 1.807) is 0 Å². The van der Waals surface area contributed by atoms with Crippen LogP contribution in [0.1, 0.15) is 50.7 Å². The Hall–Kier alpha value is -2.04. The van der Waals surface area contributed by atoms with Crippen LogP contribution in [0.25, 0.3) is 0 Å². The maximum atomic E-state index is 13.2. The van der Waals surface area contributed by atoms with Gasteiger partial charge in [-0.25, -0.2) is 0 Å². The zero-order valence-corrected chi connectivity index (χ0v) is 20.4. The van der Waals surface area contributed by atoms with Gasteiger partial charge in [0.15, 0.2) is 0 Å². The Labute approximate surface area is 197 Å². The smallest absolute Gasteiger partial charge is 0.235 e. The number of hydrogen-bond donors (Lipinski definition) is 1. The number of carbonyl (C=O) groups excluding carboxylic acids is 1. The number of anilines is 2. The van der Waals surface area contributed by atoms with Crippen molar-refractivity contribution in [3.8, 4) is 0 Å². The summed E-state index contributed by atoms with van der Waals surface area (Å²) in [5.74, 6) is 0.678. The zero-order valence-electron chi connectivity index (χ0n) is 19.7. The summed E-state index contributed by atoms with van der Waals surface area (Å²) in [5.41, 5.74) is 4.27. The topological polar surface area (TPSA) is 35.6 Å². The van der Waals surface area contributed by atoms with Gasteiger partial charge < -0.3 is 10.2 Å². The molecular weight excluding hydrogens is 418 g/mol. The average molecular weight is 454 g/mol. The number of hydrogen-bond acceptors (Lipinski definition) is 3. The second kappa shape index (κ2) is 9.84. The molecule has 0 aliphatic carbocycles. The second-order valence-corrected chi connectivity index (χ2v) is 10.3. The summed E-state index contributed by atoms with van der Waals surface area (Å²) in [6.45, 7) is 11.9. The second-order valence-electron chi connectivity index (χ2n) is 9.90. The highest BCUT2D eigenvalue weighted by Gasteiger charge is 2.46. The van der Waals surface area contributed by atoms with Crippen LogP contribution in [0.3, 0.4) is 0 Å². The number of piperazine rings is 1. The van der Waals surface area contributed by atoms with E-state index in [1.165, 1.54) is 16.8 Å². The summed E-state index contributed by atoms with van der Waals surface area (Å²) in [4.78, 5) is 18.2. The first kappa shape index (κ1) is 23.1. The fraction of sp³-hybridized carbons (Fsp3) is 0.519. The summed E-state index contributed by atoms with van der Waals surface area (Å²) in [7, 11) is 0. The Morgan fingerprint density at radius 2 is 1.81 bits per heavy atom. The normalized spacial score (nSPS) is 21.2. The fourth-order valence-corrected chi connectivity index (χ4v) is 5.69. The summed E-state index contributed by atoms with van der Waals surface area (Å²) in [6, 6.07) is 14.5. The van der Waals surface area contributed by atoms with E-state index in [2.05, 4.69) is 66.2 Å². The average Bonchev–Trinajstić information content (AvgIpc) is 3.04. The fourth-order valence-electron chi connectivity index (χ4n) is 5.50. The molecule has 0 spiro atoms. The minimum Gasteiger partial charge on any atom is -0.369 e. The molecule has 2 heterocycles. The monoisotopic (exact) mass is 453 g/mol. The maximum Gasteiger partial charge on any atom is 0.235 e. The number of unbranched alkanes of at least 4 members (excludes halogenated alkanes) is 1. The lowest BCUT2D eigenvalue weighted by atomic mass is 9.71. The highest BCUT2D eigenvalue weighted by atomic mass is 35.5. The Balaban J connectivity index is 1.32. The van der Waals surface area contributed by atoms with E-state index in [0.717, 1.165) is 69.1 Å². The Bertz CT molecular complexity index is 952. The molecule has 1 saturated heterocycles. The molecule has 32 heavy (non-hydrogen) atoms. The van der Waals surface area contributed by atoms with Gasteiger partial charge in [-0.2, -0.15) is 0 Å². The van der Waals surface area contributed by atoms with Gasteiger partial charge in [-0.05, 0) is 68.0 Å². The molecule has 2 aliphatic rings. The zero-order chi connectivity index (χ0) is 22.7. The summed E-state index contributed by atoms with van der Waals surface area (Å²) in [5, 5.41) is 4.01. The number of para-hydroxylation sites is 1. The molecule has 4 nitrogen and oxygen atoms in total. The highest BCUT2D eigenvalue weighted by Crippen LogP contribution is 2.46. The number of amides is 1. The van der Waals surface area contributed by atoms with Gasteiger partial charge in [-0.1, -0.05) is 56.1 Å². The molecule has 2 aromatic rings. The van der Waals surface area contributed by atoms with Crippen molar-refractivity contribution >= 4 is 28.9 Å². The standard InChI is InChI=1S/C27H36ClN3O/c1-20(2)19-27(24-11-6-8-21(3)25(24)29-26(27)32)12-4-5-13-30-14-16-31(17-15-30)23-10-7-9-22(28)18-23/h6-11,18,20H,4-5,12-17,19H2,1-3H3,(H,29,32). The molecule has 0 bridgehead atoms. The van der Waals surface area contributed by atoms with Crippen molar-refractivity contribution in [2.75, 3.05) is 42.9 Å². The first-order chi connectivity index (χ1) is 15.4. The first-order valence-corrected chi connectivity index (χ1v) is 12.4. The van der Waals surface area contributed by atoms with Crippen molar-refractivity contribution in [2.24, 2.45) is 5.92 Å². The summed E-state index contributed by atoms with van der Waals surface area (Å²) < 4.78 is 0. The number of nitrogens with zero attached hydrogens (tertiary/aromatic N) is 2. The van der Waals surface area contributed by atoms with Crippen LogP contribution in [-0.4, -0.2) is 43.5 Å². The third-order valence-corrected chi connectivity index (χ3v) is 7.33. The van der Waals surface area contributed by atoms with Gasteiger partial charge in [-0.15, -0.1) is 0 Å². The SMILES string of the molecule is Cc1cccc2c1NC(=O)C2(CCCCN1CCN(c2cccc(Cl)c2)CC1)CC(C)C. The molecule has 1 fully saturated rings. The third-order valence-electron chi connectivity index (χ3n) is 7.09. The van der Waals surface area contributed by atoms with E-state index in [1.807, 2.05) is 12.1 Å². The molecule has 1 N–H and O–H groups in total. The van der Waals surface area contributed by atoms with Crippen LogP contribution in [0, 0.1) is 12.8 Å². The summed E-state index contributed by atoms with van der Waals surface area (Å²) >= 11 is 6.16. The summed E-state index contributed by atoms with van der Waals surface area (Å²) in [6.07, 6.45) is 4.04. The maximum absolute atomic E-state index is 13.2. The van der Waals surface area contributed by atoms with E-state index in [4.69, 9.17) is 11.6 Å². The third kappa shape index (κ3) is 4.82. The molecule has 0 aromatic heterocycles. The molecule has 2 aliphatic heterocycles. The highest BCUT2D eigenvalue weighted by molar-refractivity contribution is 6.30. The van der Waals surface area contributed by atoms with E-state index < -0.39 is 0 Å². The molecule has 5 heteroatoms. The number of halogens is 1. The Morgan fingerprint density at radius 3 is 2.53 bits per heavy atom. The van der Waals surface area contributed by atoms with Crippen LogP contribution >= 0.6 is 11.6 Å². The van der Waals surface area contributed by atoms with Crippen LogP contribution in [0.15, 0.2) is 42.5 Å². The van der Waals surface area contributed by atoms with Gasteiger partial charge in [0, 0.05) is 42.6 Å². The molecule has 0 saturated carbocycles. The molecular formula is C27H36ClN3O. The molecule has 1 atom stereocenters. The molecule has 4 rings (SSSR count). The van der Waals surface area contributed by atoms with Crippen molar-refractivity contribution < 1.29 is 4.79 Å². The minimum atomic E-state index is -0.374. The van der Waals surface area contributed by atoms with Gasteiger partial charge in [0.25, 0.3) is 0 Å². The number of carbonyl (C=O) groups is 1. The lowest BCUT2D eigenvalue weighted by molar-refractivity contribution is -0.121. The van der Waals surface area contributed by atoms with Crippen LogP contribution in [-0.2, 0) is 10.2 Å². The number of fused-ring (bicyclic) bond motifs is 1. The molecule has 0 radical (unpaired) electrons. The molecule has 2 aromatic carbocycles. The van der Waals surface area contributed by atoms with E-state index >= 15 is 0 Å². The van der Waals surface area contributed by atoms with Gasteiger partial charge in [0.05, 0.1) is 5.41 Å². The van der Waals surface area contributed by atoms with E-state index in [0.29, 0.717) is 5.92 Å². The Morgan fingerprint density at radius 1 is 1.06 bits per heavy atom. The predicted octanol–water partition coefficient (Wildman–Crippen LogP) is 5.88. The van der Waals surface area contributed by atoms with Gasteiger partial charge in [0.2, 0.25) is 5.91 Å². The molecule has 1 amide bonds. The number of benzene rings is 2. The van der Waals surface area contributed by atoms with Gasteiger partial charge >= 0.3 is 0 Å². The lowest BCUT2D eigenvalue weighted by Gasteiger charge is -2.36. The molecule has 1 unspecified atom stereocenters. The first-order valence-electron chi connectivity index (χ1n) is 12.0. The molecule has 172 valence electrons. The van der Waals surface area contributed by atoms with Crippen LogP contribution < -0.4 is 10.2 Å². The van der Waals surface area contributed by atoms with Crippen LogP contribution in [0.2, 0.25) is 5.02 Å². The van der Waals surface area contributed by atoms with E-state index in [-0.39, 0.29) is 11.3 Å². The predicted molar refractivity (Wildman–Crippen MR) is 135 cm³/mol. The van der Waals surface area contributed by atoms with E-state index in [9.17, 15) is 4.79 Å². The van der Waals surface area contributed by atoms with Crippen molar-refractivity contribution in [3.63, 3.8) is 0 Å². The Kier molecular flexibility index (Phi) is 7.11. The number of nitrogens with one attached hydrogen (secondary N) is 1. The van der Waals surface area contributed by atoms with Crippen molar-refractivity contribution in [1.82, 2.24) is 4.90 Å². The number of aryl methyl sites for hydroxylation is 1. The van der Waals surface area contributed by atoms with Crippen LogP contribution in [0.5, 0.6) is 0 Å². The van der Waals surface area contributed by atoms with Gasteiger partial charge in [-0.3, -0.25) is 9.69 Å². The van der Waals surface area contributed by atoms with Crippen molar-refractivity contribution in [1.29, 1.82) is 0 Å². The van der Waals surface area contributed by atoms with Crippen molar-refractivity contribution in [2.45, 2.75) is 51.9 Å². The quantitative estimate of drug-likeness (QED) is 0.507. The van der Waals surface area contributed by atoms with Gasteiger partial charge in [0.1, 0.15) is 0 Å². The number of rotatable bonds is 8. The largest absolute Gasteiger partial charge is 0.369 e. The lowest BCUT2D eigenvalue weighted by Crippen LogP contribution is -2.46. The van der Waals surface area contributed by atoms with Crippen LogP contribution in [0.4, 0.5) is 11.4 Å². The minimum absolute atomic E-state index is 0.200.